The van der Waals surface area contributed by atoms with Crippen molar-refractivity contribution in [1.29, 1.82) is 0 Å². The average Bonchev–Trinajstić information content (AvgIpc) is 2.83. The summed E-state index contributed by atoms with van der Waals surface area (Å²) >= 11 is 3.25. The molecule has 4 nitrogen and oxygen atoms in total. The number of hydrogen-bond acceptors (Lipinski definition) is 5. The summed E-state index contributed by atoms with van der Waals surface area (Å²) in [5.74, 6) is 0.673. The van der Waals surface area contributed by atoms with Crippen LogP contribution in [0, 0.1) is 6.92 Å². The zero-order valence-electron chi connectivity index (χ0n) is 12.2. The molecule has 3 rings (SSSR count). The third-order valence-electron chi connectivity index (χ3n) is 3.55. The number of ether oxygens (including phenoxy) is 1. The van der Waals surface area contributed by atoms with E-state index in [1.165, 1.54) is 23.5 Å². The van der Waals surface area contributed by atoms with Crippen LogP contribution in [0.3, 0.4) is 0 Å². The minimum absolute atomic E-state index is 0.00385. The highest BCUT2D eigenvalue weighted by molar-refractivity contribution is 14.1. The number of carbonyl (C=O) groups is 1. The first kappa shape index (κ1) is 16.1. The maximum atomic E-state index is 11.6. The van der Waals surface area contributed by atoms with Crippen LogP contribution in [0.25, 0.3) is 10.1 Å². The number of carbonyl (C=O) groups excluding carboxylic acids is 1. The van der Waals surface area contributed by atoms with Crippen molar-refractivity contribution in [3.63, 3.8) is 0 Å². The Morgan fingerprint density at radius 3 is 2.70 bits per heavy atom. The first-order chi connectivity index (χ1) is 11.0. The van der Waals surface area contributed by atoms with Crippen LogP contribution >= 0.6 is 33.9 Å². The summed E-state index contributed by atoms with van der Waals surface area (Å²) in [6.45, 7) is 2.14. The second-order valence-electron chi connectivity index (χ2n) is 5.09. The molecule has 118 valence electrons. The maximum Gasteiger partial charge on any atom is 0.232 e. The Morgan fingerprint density at radius 2 is 2.00 bits per heavy atom. The van der Waals surface area contributed by atoms with E-state index >= 15 is 0 Å². The van der Waals surface area contributed by atoms with Gasteiger partial charge in [-0.2, -0.15) is 0 Å². The smallest absolute Gasteiger partial charge is 0.232 e. The van der Waals surface area contributed by atoms with E-state index in [0.717, 1.165) is 20.5 Å². The molecule has 0 saturated heterocycles. The minimum Gasteiger partial charge on any atom is -0.508 e. The fourth-order valence-corrected chi connectivity index (χ4v) is 4.12. The monoisotopic (exact) mass is 440 g/mol. The molecule has 0 aliphatic carbocycles. The third kappa shape index (κ3) is 3.28. The summed E-state index contributed by atoms with van der Waals surface area (Å²) in [6.07, 6.45) is 0. The lowest BCUT2D eigenvalue weighted by Crippen LogP contribution is -1.95. The number of thiophene rings is 1. The lowest BCUT2D eigenvalue weighted by molar-refractivity contribution is 0.110. The Bertz CT molecular complexity index is 901. The molecule has 0 aliphatic heterocycles. The summed E-state index contributed by atoms with van der Waals surface area (Å²) in [7, 11) is 0. The lowest BCUT2D eigenvalue weighted by Gasteiger charge is -2.08. The van der Waals surface area contributed by atoms with Crippen LogP contribution in [0.4, 0.5) is 0 Å². The molecule has 6 heteroatoms. The Balaban J connectivity index is 1.85. The number of fused-ring (bicyclic) bond motifs is 1. The summed E-state index contributed by atoms with van der Waals surface area (Å²) in [5.41, 5.74) is 1.58. The highest BCUT2D eigenvalue weighted by Gasteiger charge is 2.13. The van der Waals surface area contributed by atoms with Gasteiger partial charge < -0.3 is 14.9 Å². The third-order valence-corrected chi connectivity index (χ3v) is 5.71. The van der Waals surface area contributed by atoms with Crippen LogP contribution in [0.15, 0.2) is 36.4 Å². The molecule has 0 spiro atoms. The van der Waals surface area contributed by atoms with Crippen LogP contribution < -0.4 is 4.74 Å². The van der Waals surface area contributed by atoms with E-state index in [1.54, 1.807) is 28.7 Å². The van der Waals surface area contributed by atoms with E-state index in [-0.39, 0.29) is 21.9 Å². The molecule has 2 N–H and O–H groups in total. The Labute approximate surface area is 150 Å². The number of phenolic OH excluding ortho intramolecular Hbond substituents is 2. The molecule has 0 bridgehead atoms. The molecule has 0 saturated carbocycles. The maximum absolute atomic E-state index is 11.6. The van der Waals surface area contributed by atoms with Gasteiger partial charge in [-0.05, 0) is 48.2 Å². The van der Waals surface area contributed by atoms with Crippen LogP contribution in [0.5, 0.6) is 17.2 Å². The molecule has 1 heterocycles. The lowest BCUT2D eigenvalue weighted by atomic mass is 10.1. The Morgan fingerprint density at radius 1 is 1.22 bits per heavy atom. The molecule has 0 unspecified atom stereocenters. The molecule has 23 heavy (non-hydrogen) atoms. The largest absolute Gasteiger partial charge is 0.508 e. The van der Waals surface area contributed by atoms with Crippen molar-refractivity contribution in [2.45, 2.75) is 13.5 Å². The zero-order valence-corrected chi connectivity index (χ0v) is 15.1. The number of aryl methyl sites for hydroxylation is 1. The highest BCUT2D eigenvalue weighted by atomic mass is 127. The molecule has 0 amide bonds. The van der Waals surface area contributed by atoms with E-state index in [0.29, 0.717) is 11.3 Å². The molecule has 1 aromatic heterocycles. The van der Waals surface area contributed by atoms with Crippen molar-refractivity contribution in [1.82, 2.24) is 0 Å². The molecule has 3 aromatic rings. The van der Waals surface area contributed by atoms with Gasteiger partial charge in [0.25, 0.3) is 0 Å². The van der Waals surface area contributed by atoms with Crippen LogP contribution in [-0.4, -0.2) is 14.0 Å². The normalized spacial score (nSPS) is 10.9. The molecule has 2 aromatic carbocycles. The van der Waals surface area contributed by atoms with Crippen molar-refractivity contribution < 1.29 is 19.7 Å². The van der Waals surface area contributed by atoms with E-state index in [1.807, 2.05) is 25.1 Å². The highest BCUT2D eigenvalue weighted by Crippen LogP contribution is 2.35. The molecule has 0 atom stereocenters. The van der Waals surface area contributed by atoms with Crippen LogP contribution in [0.2, 0.25) is 0 Å². The SMILES string of the molecule is Cc1c(C(=O)I)sc2cc(OCc3ccc(O)cc3O)ccc12. The van der Waals surface area contributed by atoms with Gasteiger partial charge in [0.05, 0.1) is 4.88 Å². The number of benzene rings is 2. The predicted molar refractivity (Wildman–Crippen MR) is 99.0 cm³/mol. The van der Waals surface area contributed by atoms with Gasteiger partial charge in [-0.3, -0.25) is 4.79 Å². The van der Waals surface area contributed by atoms with E-state index in [4.69, 9.17) is 4.74 Å². The predicted octanol–water partition coefficient (Wildman–Crippen LogP) is 4.78. The second-order valence-corrected chi connectivity index (χ2v) is 7.12. The van der Waals surface area contributed by atoms with Gasteiger partial charge in [-0.1, -0.05) is 0 Å². The van der Waals surface area contributed by atoms with Crippen molar-refractivity contribution in [3.8, 4) is 17.2 Å². The topological polar surface area (TPSA) is 66.8 Å². The summed E-state index contributed by atoms with van der Waals surface area (Å²) in [5, 5.41) is 20.1. The number of halogens is 1. The van der Waals surface area contributed by atoms with E-state index in [2.05, 4.69) is 0 Å². The van der Waals surface area contributed by atoms with Gasteiger partial charge in [0.2, 0.25) is 3.79 Å². The van der Waals surface area contributed by atoms with Crippen molar-refractivity contribution in [3.05, 3.63) is 52.4 Å². The van der Waals surface area contributed by atoms with Gasteiger partial charge in [0.15, 0.2) is 0 Å². The van der Waals surface area contributed by atoms with Gasteiger partial charge in [-0.15, -0.1) is 11.3 Å². The van der Waals surface area contributed by atoms with Crippen molar-refractivity contribution >= 4 is 47.8 Å². The first-order valence-electron chi connectivity index (χ1n) is 6.82. The second kappa shape index (κ2) is 6.37. The number of rotatable bonds is 4. The zero-order chi connectivity index (χ0) is 16.6. The minimum atomic E-state index is -0.00385. The summed E-state index contributed by atoms with van der Waals surface area (Å²) < 4.78 is 6.74. The Hall–Kier alpha value is -1.80. The van der Waals surface area contributed by atoms with E-state index < -0.39 is 0 Å². The van der Waals surface area contributed by atoms with Gasteiger partial charge in [-0.25, -0.2) is 0 Å². The van der Waals surface area contributed by atoms with Gasteiger partial charge in [0, 0.05) is 38.9 Å². The molecular weight excluding hydrogens is 427 g/mol. The number of aromatic hydroxyl groups is 2. The summed E-state index contributed by atoms with van der Waals surface area (Å²) in [4.78, 5) is 12.4. The van der Waals surface area contributed by atoms with Gasteiger partial charge >= 0.3 is 0 Å². The first-order valence-corrected chi connectivity index (χ1v) is 8.72. The number of phenols is 2. The number of hydrogen-bond donors (Lipinski definition) is 2. The van der Waals surface area contributed by atoms with Crippen LogP contribution in [-0.2, 0) is 6.61 Å². The molecule has 0 fully saturated rings. The quantitative estimate of drug-likeness (QED) is 0.453. The van der Waals surface area contributed by atoms with E-state index in [9.17, 15) is 15.0 Å². The summed E-state index contributed by atoms with van der Waals surface area (Å²) in [6, 6.07) is 10.1. The molecule has 0 aliphatic rings. The fourth-order valence-electron chi connectivity index (χ4n) is 2.32. The van der Waals surface area contributed by atoms with Crippen LogP contribution in [0.1, 0.15) is 20.8 Å². The standard InChI is InChI=1S/C17H13IO4S/c1-9-13-5-4-12(7-15(13)23-16(9)17(18)21)22-8-10-2-3-11(19)6-14(10)20/h2-7,19-20H,8H2,1H3. The van der Waals surface area contributed by atoms with Crippen molar-refractivity contribution in [2.75, 3.05) is 0 Å². The Kier molecular flexibility index (Phi) is 4.45. The molecular formula is C17H13IO4S. The fraction of sp³-hybridized carbons (Fsp3) is 0.118. The molecule has 0 radical (unpaired) electrons. The average molecular weight is 440 g/mol. The van der Waals surface area contributed by atoms with Gasteiger partial charge in [0.1, 0.15) is 23.9 Å². The van der Waals surface area contributed by atoms with Crippen molar-refractivity contribution in [2.24, 2.45) is 0 Å².